The molecule has 0 aliphatic carbocycles. The Bertz CT molecular complexity index is 592. The van der Waals surface area contributed by atoms with Crippen molar-refractivity contribution in [2.24, 2.45) is 0 Å². The van der Waals surface area contributed by atoms with Crippen LogP contribution in [0.5, 0.6) is 5.75 Å². The molecule has 112 valence electrons. The van der Waals surface area contributed by atoms with E-state index in [1.54, 1.807) is 7.11 Å². The van der Waals surface area contributed by atoms with Gasteiger partial charge in [-0.15, -0.1) is 0 Å². The average Bonchev–Trinajstić information content (AvgIpc) is 2.96. The molecular weight excluding hydrogens is 270 g/mol. The van der Waals surface area contributed by atoms with Gasteiger partial charge in [-0.3, -0.25) is 9.89 Å². The van der Waals surface area contributed by atoms with E-state index in [0.29, 0.717) is 11.6 Å². The SMILES string of the molecule is COC(=O)Cc1nc([C@@H](C)Cc2ccc(OC)cc2)n[nH]1. The van der Waals surface area contributed by atoms with Crippen molar-refractivity contribution >= 4 is 5.97 Å². The maximum atomic E-state index is 11.2. The maximum absolute atomic E-state index is 11.2. The van der Waals surface area contributed by atoms with Crippen molar-refractivity contribution < 1.29 is 14.3 Å². The summed E-state index contributed by atoms with van der Waals surface area (Å²) in [4.78, 5) is 15.5. The number of benzene rings is 1. The number of methoxy groups -OCH3 is 2. The van der Waals surface area contributed by atoms with E-state index in [9.17, 15) is 4.79 Å². The highest BCUT2D eigenvalue weighted by molar-refractivity contribution is 5.71. The summed E-state index contributed by atoms with van der Waals surface area (Å²) >= 11 is 0. The molecule has 0 saturated heterocycles. The second-order valence-electron chi connectivity index (χ2n) is 4.85. The largest absolute Gasteiger partial charge is 0.497 e. The molecule has 0 saturated carbocycles. The van der Waals surface area contributed by atoms with Crippen LogP contribution in [0.4, 0.5) is 0 Å². The summed E-state index contributed by atoms with van der Waals surface area (Å²) in [6.45, 7) is 2.05. The highest BCUT2D eigenvalue weighted by Crippen LogP contribution is 2.19. The number of nitrogens with zero attached hydrogens (tertiary/aromatic N) is 2. The first kappa shape index (κ1) is 15.0. The van der Waals surface area contributed by atoms with Crippen molar-refractivity contribution in [2.45, 2.75) is 25.7 Å². The number of H-pyrrole nitrogens is 1. The van der Waals surface area contributed by atoms with Crippen molar-refractivity contribution in [1.82, 2.24) is 15.2 Å². The molecule has 0 unspecified atom stereocenters. The summed E-state index contributed by atoms with van der Waals surface area (Å²) in [7, 11) is 3.00. The van der Waals surface area contributed by atoms with Crippen LogP contribution in [0.15, 0.2) is 24.3 Å². The van der Waals surface area contributed by atoms with Gasteiger partial charge < -0.3 is 9.47 Å². The number of rotatable bonds is 6. The number of carbonyl (C=O) groups is 1. The zero-order chi connectivity index (χ0) is 15.2. The molecule has 0 aliphatic heterocycles. The maximum Gasteiger partial charge on any atom is 0.313 e. The Balaban J connectivity index is 1.99. The van der Waals surface area contributed by atoms with E-state index >= 15 is 0 Å². The first-order valence-corrected chi connectivity index (χ1v) is 6.73. The van der Waals surface area contributed by atoms with E-state index in [2.05, 4.69) is 26.8 Å². The molecule has 6 nitrogen and oxygen atoms in total. The van der Waals surface area contributed by atoms with E-state index < -0.39 is 0 Å². The minimum atomic E-state index is -0.333. The van der Waals surface area contributed by atoms with Crippen LogP contribution >= 0.6 is 0 Å². The highest BCUT2D eigenvalue weighted by atomic mass is 16.5. The minimum absolute atomic E-state index is 0.110. The summed E-state index contributed by atoms with van der Waals surface area (Å²) in [5.74, 6) is 1.88. The Morgan fingerprint density at radius 1 is 1.29 bits per heavy atom. The fraction of sp³-hybridized carbons (Fsp3) is 0.400. The lowest BCUT2D eigenvalue weighted by atomic mass is 10.0. The van der Waals surface area contributed by atoms with Gasteiger partial charge >= 0.3 is 5.97 Å². The van der Waals surface area contributed by atoms with Crippen molar-refractivity contribution in [3.05, 3.63) is 41.5 Å². The van der Waals surface area contributed by atoms with Gasteiger partial charge in [0.1, 0.15) is 18.0 Å². The number of aromatic nitrogens is 3. The number of nitrogens with one attached hydrogen (secondary N) is 1. The van der Waals surface area contributed by atoms with Crippen LogP contribution < -0.4 is 4.74 Å². The molecule has 1 aromatic carbocycles. The van der Waals surface area contributed by atoms with Crippen molar-refractivity contribution in [1.29, 1.82) is 0 Å². The third-order valence-electron chi connectivity index (χ3n) is 3.23. The molecule has 6 heteroatoms. The number of carbonyl (C=O) groups excluding carboxylic acids is 1. The molecule has 1 atom stereocenters. The van der Waals surface area contributed by atoms with Gasteiger partial charge in [-0.1, -0.05) is 19.1 Å². The Labute approximate surface area is 123 Å². The molecule has 0 bridgehead atoms. The lowest BCUT2D eigenvalue weighted by molar-refractivity contribution is -0.139. The Morgan fingerprint density at radius 3 is 2.62 bits per heavy atom. The van der Waals surface area contributed by atoms with E-state index in [0.717, 1.165) is 12.2 Å². The summed E-state index contributed by atoms with van der Waals surface area (Å²) in [5.41, 5.74) is 1.18. The average molecular weight is 289 g/mol. The Morgan fingerprint density at radius 2 is 2.00 bits per heavy atom. The van der Waals surface area contributed by atoms with Gasteiger partial charge in [0, 0.05) is 5.92 Å². The number of aromatic amines is 1. The van der Waals surface area contributed by atoms with Crippen LogP contribution in [-0.2, 0) is 22.4 Å². The molecule has 0 amide bonds. The standard InChI is InChI=1S/C15H19N3O3/c1-10(8-11-4-6-12(20-2)7-5-11)15-16-13(17-18-15)9-14(19)21-3/h4-7,10H,8-9H2,1-3H3,(H,16,17,18)/t10-/m0/s1. The van der Waals surface area contributed by atoms with Crippen LogP contribution in [0.2, 0.25) is 0 Å². The Kier molecular flexibility index (Phi) is 4.92. The van der Waals surface area contributed by atoms with E-state index in [1.165, 1.54) is 12.7 Å². The van der Waals surface area contributed by atoms with Gasteiger partial charge in [0.05, 0.1) is 14.2 Å². The van der Waals surface area contributed by atoms with Crippen LogP contribution in [0.3, 0.4) is 0 Å². The zero-order valence-electron chi connectivity index (χ0n) is 12.4. The fourth-order valence-corrected chi connectivity index (χ4v) is 2.02. The molecule has 0 radical (unpaired) electrons. The molecule has 1 heterocycles. The van der Waals surface area contributed by atoms with E-state index in [-0.39, 0.29) is 18.3 Å². The number of ether oxygens (including phenoxy) is 2. The lowest BCUT2D eigenvalue weighted by Gasteiger charge is -2.08. The molecule has 0 spiro atoms. The smallest absolute Gasteiger partial charge is 0.313 e. The van der Waals surface area contributed by atoms with E-state index in [4.69, 9.17) is 4.74 Å². The molecule has 0 fully saturated rings. The topological polar surface area (TPSA) is 77.1 Å². The summed E-state index contributed by atoms with van der Waals surface area (Å²) < 4.78 is 9.74. The summed E-state index contributed by atoms with van der Waals surface area (Å²) in [6.07, 6.45) is 0.929. The number of hydrogen-bond acceptors (Lipinski definition) is 5. The Hall–Kier alpha value is -2.37. The van der Waals surface area contributed by atoms with Crippen LogP contribution in [0.1, 0.15) is 30.1 Å². The first-order valence-electron chi connectivity index (χ1n) is 6.73. The van der Waals surface area contributed by atoms with Crippen molar-refractivity contribution in [3.63, 3.8) is 0 Å². The first-order chi connectivity index (χ1) is 10.1. The fourth-order valence-electron chi connectivity index (χ4n) is 2.02. The normalized spacial score (nSPS) is 12.0. The monoisotopic (exact) mass is 289 g/mol. The van der Waals surface area contributed by atoms with Gasteiger partial charge in [-0.25, -0.2) is 4.98 Å². The van der Waals surface area contributed by atoms with Gasteiger partial charge in [0.15, 0.2) is 5.82 Å². The van der Waals surface area contributed by atoms with Crippen molar-refractivity contribution in [2.75, 3.05) is 14.2 Å². The predicted molar refractivity (Wildman–Crippen MR) is 77.2 cm³/mol. The van der Waals surface area contributed by atoms with Crippen LogP contribution in [-0.4, -0.2) is 35.4 Å². The van der Waals surface area contributed by atoms with Gasteiger partial charge in [0.2, 0.25) is 0 Å². The summed E-state index contributed by atoms with van der Waals surface area (Å²) in [6, 6.07) is 7.92. The molecular formula is C15H19N3O3. The molecule has 1 N–H and O–H groups in total. The third-order valence-corrected chi connectivity index (χ3v) is 3.23. The second-order valence-corrected chi connectivity index (χ2v) is 4.85. The predicted octanol–water partition coefficient (Wildman–Crippen LogP) is 1.87. The third kappa shape index (κ3) is 4.05. The zero-order valence-corrected chi connectivity index (χ0v) is 12.4. The second kappa shape index (κ2) is 6.88. The molecule has 2 rings (SSSR count). The molecule has 2 aromatic rings. The van der Waals surface area contributed by atoms with Gasteiger partial charge in [-0.2, -0.15) is 5.10 Å². The van der Waals surface area contributed by atoms with Gasteiger partial charge in [0.25, 0.3) is 0 Å². The number of esters is 1. The van der Waals surface area contributed by atoms with Crippen LogP contribution in [0, 0.1) is 0 Å². The lowest BCUT2D eigenvalue weighted by Crippen LogP contribution is -2.06. The summed E-state index contributed by atoms with van der Waals surface area (Å²) in [5, 5.41) is 6.94. The molecule has 21 heavy (non-hydrogen) atoms. The minimum Gasteiger partial charge on any atom is -0.497 e. The van der Waals surface area contributed by atoms with Crippen LogP contribution in [0.25, 0.3) is 0 Å². The van der Waals surface area contributed by atoms with Gasteiger partial charge in [-0.05, 0) is 24.1 Å². The quantitative estimate of drug-likeness (QED) is 0.821. The number of hydrogen-bond donors (Lipinski definition) is 1. The molecule has 1 aromatic heterocycles. The van der Waals surface area contributed by atoms with Crippen molar-refractivity contribution in [3.8, 4) is 5.75 Å². The molecule has 0 aliphatic rings. The van der Waals surface area contributed by atoms with E-state index in [1.807, 2.05) is 24.3 Å². The highest BCUT2D eigenvalue weighted by Gasteiger charge is 2.14.